The topological polar surface area (TPSA) is 84.2 Å². The molecule has 0 saturated carbocycles. The zero-order valence-electron chi connectivity index (χ0n) is 10.5. The second kappa shape index (κ2) is 5.53. The van der Waals surface area contributed by atoms with Crippen molar-refractivity contribution in [1.29, 1.82) is 0 Å². The van der Waals surface area contributed by atoms with Gasteiger partial charge in [-0.15, -0.1) is 0 Å². The molecule has 0 saturated heterocycles. The van der Waals surface area contributed by atoms with Crippen molar-refractivity contribution in [3.05, 3.63) is 23.8 Å². The molecule has 0 spiro atoms. The normalized spacial score (nSPS) is 11.3. The van der Waals surface area contributed by atoms with Crippen LogP contribution in [0.4, 0.5) is 5.69 Å². The third kappa shape index (κ3) is 3.85. The van der Waals surface area contributed by atoms with Gasteiger partial charge in [-0.2, -0.15) is 0 Å². The van der Waals surface area contributed by atoms with Crippen LogP contribution < -0.4 is 15.8 Å². The fourth-order valence-electron chi connectivity index (χ4n) is 1.38. The number of rotatable bonds is 3. The minimum atomic E-state index is -3.73. The Bertz CT molecular complexity index is 553. The van der Waals surface area contributed by atoms with Gasteiger partial charge < -0.3 is 11.1 Å². The number of benzene rings is 1. The van der Waals surface area contributed by atoms with Crippen LogP contribution in [0.1, 0.15) is 19.4 Å². The van der Waals surface area contributed by atoms with Crippen molar-refractivity contribution in [2.45, 2.75) is 31.7 Å². The molecular weight excluding hydrogens is 270 g/mol. The lowest BCUT2D eigenvalue weighted by molar-refractivity contribution is 0.591. The summed E-state index contributed by atoms with van der Waals surface area (Å²) in [6.45, 7) is 5.56. The van der Waals surface area contributed by atoms with Crippen molar-refractivity contribution in [2.24, 2.45) is 0 Å². The van der Waals surface area contributed by atoms with E-state index in [4.69, 9.17) is 18.0 Å². The number of hydrogen-bond donors (Lipinski definition) is 3. The Morgan fingerprint density at radius 1 is 1.39 bits per heavy atom. The molecule has 5 nitrogen and oxygen atoms in total. The van der Waals surface area contributed by atoms with Gasteiger partial charge in [0.25, 0.3) is 10.0 Å². The quantitative estimate of drug-likeness (QED) is 0.573. The number of hydrogen-bond acceptors (Lipinski definition) is 4. The maximum Gasteiger partial charge on any atom is 0.265 e. The van der Waals surface area contributed by atoms with Crippen LogP contribution in [0.15, 0.2) is 23.1 Å². The smallest absolute Gasteiger partial charge is 0.265 e. The Labute approximate surface area is 113 Å². The summed E-state index contributed by atoms with van der Waals surface area (Å²) in [6, 6.07) is 4.80. The van der Waals surface area contributed by atoms with E-state index >= 15 is 0 Å². The van der Waals surface area contributed by atoms with E-state index in [0.29, 0.717) is 0 Å². The summed E-state index contributed by atoms with van der Waals surface area (Å²) in [7, 11) is -3.73. The molecule has 100 valence electrons. The number of aryl methyl sites for hydroxylation is 1. The molecule has 0 aromatic heterocycles. The molecule has 0 aliphatic carbocycles. The van der Waals surface area contributed by atoms with Crippen molar-refractivity contribution in [3.8, 4) is 0 Å². The lowest BCUT2D eigenvalue weighted by Crippen LogP contribution is -2.42. The molecule has 0 amide bonds. The average molecular weight is 287 g/mol. The number of nitrogens with two attached hydrogens (primary N) is 1. The molecule has 7 heteroatoms. The number of thiocarbonyl (C=S) groups is 1. The first-order valence-electron chi connectivity index (χ1n) is 5.42. The molecule has 0 atom stereocenters. The fourth-order valence-corrected chi connectivity index (χ4v) is 2.98. The molecule has 0 heterocycles. The zero-order valence-corrected chi connectivity index (χ0v) is 12.2. The minimum absolute atomic E-state index is 0.0287. The van der Waals surface area contributed by atoms with E-state index in [1.165, 1.54) is 6.07 Å². The van der Waals surface area contributed by atoms with Crippen LogP contribution >= 0.6 is 12.2 Å². The number of nitrogen functional groups attached to an aromatic ring is 1. The summed E-state index contributed by atoms with van der Waals surface area (Å²) < 4.78 is 26.4. The molecular formula is C11H17N3O2S2. The monoisotopic (exact) mass is 287 g/mol. The third-order valence-electron chi connectivity index (χ3n) is 2.10. The van der Waals surface area contributed by atoms with Gasteiger partial charge >= 0.3 is 0 Å². The van der Waals surface area contributed by atoms with Crippen LogP contribution in [0.25, 0.3) is 0 Å². The van der Waals surface area contributed by atoms with Crippen molar-refractivity contribution >= 4 is 33.0 Å². The Morgan fingerprint density at radius 3 is 2.50 bits per heavy atom. The van der Waals surface area contributed by atoms with Crippen molar-refractivity contribution < 1.29 is 8.42 Å². The van der Waals surface area contributed by atoms with Gasteiger partial charge in [-0.3, -0.25) is 4.72 Å². The second-order valence-electron chi connectivity index (χ2n) is 4.27. The maximum atomic E-state index is 12.0. The number of anilines is 1. The second-order valence-corrected chi connectivity index (χ2v) is 6.33. The molecule has 1 aromatic rings. The van der Waals surface area contributed by atoms with Gasteiger partial charge in [0.15, 0.2) is 5.11 Å². The van der Waals surface area contributed by atoms with Crippen LogP contribution in [0.3, 0.4) is 0 Å². The van der Waals surface area contributed by atoms with Gasteiger partial charge in [0.2, 0.25) is 0 Å². The van der Waals surface area contributed by atoms with Crippen molar-refractivity contribution in [2.75, 3.05) is 5.73 Å². The van der Waals surface area contributed by atoms with E-state index in [1.807, 2.05) is 20.8 Å². The molecule has 18 heavy (non-hydrogen) atoms. The highest BCUT2D eigenvalue weighted by molar-refractivity contribution is 7.92. The predicted octanol–water partition coefficient (Wildman–Crippen LogP) is 1.14. The van der Waals surface area contributed by atoms with E-state index in [-0.39, 0.29) is 21.7 Å². The predicted molar refractivity (Wildman–Crippen MR) is 76.8 cm³/mol. The molecule has 0 aliphatic rings. The highest BCUT2D eigenvalue weighted by atomic mass is 32.2. The average Bonchev–Trinajstić information content (AvgIpc) is 2.13. The van der Waals surface area contributed by atoms with Crippen LogP contribution in [0.2, 0.25) is 0 Å². The van der Waals surface area contributed by atoms with E-state index in [1.54, 1.807) is 12.1 Å². The summed E-state index contributed by atoms with van der Waals surface area (Å²) in [6.07, 6.45) is 0. The van der Waals surface area contributed by atoms with Gasteiger partial charge in [-0.1, -0.05) is 6.07 Å². The van der Waals surface area contributed by atoms with Crippen LogP contribution in [0, 0.1) is 6.92 Å². The Balaban J connectivity index is 2.97. The molecule has 0 unspecified atom stereocenters. The van der Waals surface area contributed by atoms with Crippen molar-refractivity contribution in [1.82, 2.24) is 10.0 Å². The number of nitrogens with one attached hydrogen (secondary N) is 2. The molecule has 0 bridgehead atoms. The molecule has 1 aromatic carbocycles. The summed E-state index contributed by atoms with van der Waals surface area (Å²) in [5.74, 6) is 0. The summed E-state index contributed by atoms with van der Waals surface area (Å²) in [5.41, 5.74) is 6.80. The fraction of sp³-hybridized carbons (Fsp3) is 0.364. The van der Waals surface area contributed by atoms with Crippen LogP contribution in [0.5, 0.6) is 0 Å². The molecule has 0 radical (unpaired) electrons. The molecule has 4 N–H and O–H groups in total. The standard InChI is InChI=1S/C11H17N3O2S2/c1-7(2)13-11(17)14-18(15,16)10-5-4-8(3)6-9(10)12/h4-7H,12H2,1-3H3,(H2,13,14,17). The largest absolute Gasteiger partial charge is 0.398 e. The van der Waals surface area contributed by atoms with Crippen LogP contribution in [-0.2, 0) is 10.0 Å². The first kappa shape index (κ1) is 14.7. The molecule has 1 rings (SSSR count). The van der Waals surface area contributed by atoms with E-state index in [2.05, 4.69) is 10.0 Å². The van der Waals surface area contributed by atoms with Gasteiger partial charge in [0.05, 0.1) is 5.69 Å². The first-order chi connectivity index (χ1) is 8.22. The Hall–Kier alpha value is -1.34. The van der Waals surface area contributed by atoms with E-state index < -0.39 is 10.0 Å². The lowest BCUT2D eigenvalue weighted by atomic mass is 10.2. The van der Waals surface area contributed by atoms with Gasteiger partial charge in [0.1, 0.15) is 4.90 Å². The van der Waals surface area contributed by atoms with Crippen molar-refractivity contribution in [3.63, 3.8) is 0 Å². The highest BCUT2D eigenvalue weighted by Gasteiger charge is 2.18. The third-order valence-corrected chi connectivity index (χ3v) is 3.87. The van der Waals surface area contributed by atoms with E-state index in [9.17, 15) is 8.42 Å². The summed E-state index contributed by atoms with van der Waals surface area (Å²) in [4.78, 5) is 0.0287. The van der Waals surface area contributed by atoms with Crippen LogP contribution in [-0.4, -0.2) is 19.6 Å². The van der Waals surface area contributed by atoms with E-state index in [0.717, 1.165) is 5.56 Å². The Kier molecular flexibility index (Phi) is 4.53. The summed E-state index contributed by atoms with van der Waals surface area (Å²) in [5, 5.41) is 2.86. The molecule has 0 aliphatic heterocycles. The van der Waals surface area contributed by atoms with Gasteiger partial charge in [-0.05, 0) is 50.7 Å². The minimum Gasteiger partial charge on any atom is -0.398 e. The number of sulfonamides is 1. The zero-order chi connectivity index (χ0) is 13.9. The van der Waals surface area contributed by atoms with Gasteiger partial charge in [-0.25, -0.2) is 8.42 Å². The maximum absolute atomic E-state index is 12.0. The SMILES string of the molecule is Cc1ccc(S(=O)(=O)NC(=S)NC(C)C)c(N)c1. The first-order valence-corrected chi connectivity index (χ1v) is 7.31. The lowest BCUT2D eigenvalue weighted by Gasteiger charge is -2.14. The molecule has 0 fully saturated rings. The highest BCUT2D eigenvalue weighted by Crippen LogP contribution is 2.19. The Morgan fingerprint density at radius 2 is 2.00 bits per heavy atom. The van der Waals surface area contributed by atoms with Gasteiger partial charge in [0, 0.05) is 6.04 Å². The summed E-state index contributed by atoms with van der Waals surface area (Å²) >= 11 is 4.91.